The minimum Gasteiger partial charge on any atom is -0.384 e. The molecule has 0 aromatic heterocycles. The highest BCUT2D eigenvalue weighted by atomic mass is 16.1. The highest BCUT2D eigenvalue weighted by molar-refractivity contribution is 5.95. The van der Waals surface area contributed by atoms with Crippen molar-refractivity contribution in [3.8, 4) is 0 Å². The first-order valence-corrected chi connectivity index (χ1v) is 7.64. The van der Waals surface area contributed by atoms with Gasteiger partial charge in [0.05, 0.1) is 0 Å². The molecule has 3 nitrogen and oxygen atoms in total. The van der Waals surface area contributed by atoms with E-state index in [2.05, 4.69) is 44.4 Å². The molecule has 0 atom stereocenters. The summed E-state index contributed by atoms with van der Waals surface area (Å²) in [7, 11) is 0. The fourth-order valence-electron chi connectivity index (χ4n) is 2.99. The van der Waals surface area contributed by atoms with Gasteiger partial charge >= 0.3 is 0 Å². The van der Waals surface area contributed by atoms with Crippen molar-refractivity contribution in [1.82, 2.24) is 5.32 Å². The van der Waals surface area contributed by atoms with Gasteiger partial charge in [-0.1, -0.05) is 33.8 Å². The van der Waals surface area contributed by atoms with Gasteiger partial charge in [-0.2, -0.15) is 0 Å². The van der Waals surface area contributed by atoms with Gasteiger partial charge in [-0.05, 0) is 41.9 Å². The van der Waals surface area contributed by atoms with Gasteiger partial charge in [0.2, 0.25) is 0 Å². The lowest BCUT2D eigenvalue weighted by Gasteiger charge is -2.25. The maximum absolute atomic E-state index is 12.3. The fraction of sp³-hybridized carbons (Fsp3) is 0.588. The number of anilines is 1. The van der Waals surface area contributed by atoms with Gasteiger partial charge in [-0.3, -0.25) is 4.79 Å². The normalized spacial score (nSPS) is 13.8. The lowest BCUT2D eigenvalue weighted by atomic mass is 9.85. The maximum Gasteiger partial charge on any atom is 0.251 e. The average molecular weight is 274 g/mol. The van der Waals surface area contributed by atoms with Crippen molar-refractivity contribution in [2.45, 2.75) is 34.1 Å². The average Bonchev–Trinajstić information content (AvgIpc) is 2.84. The van der Waals surface area contributed by atoms with Crippen LogP contribution in [-0.2, 0) is 6.42 Å². The third kappa shape index (κ3) is 3.33. The second-order valence-corrected chi connectivity index (χ2v) is 6.41. The third-order valence-electron chi connectivity index (χ3n) is 4.29. The Morgan fingerprint density at radius 1 is 1.25 bits per heavy atom. The van der Waals surface area contributed by atoms with E-state index in [0.717, 1.165) is 30.8 Å². The number of carbonyl (C=O) groups excluding carboxylic acids is 1. The van der Waals surface area contributed by atoms with E-state index >= 15 is 0 Å². The van der Waals surface area contributed by atoms with E-state index in [0.29, 0.717) is 17.8 Å². The first kappa shape index (κ1) is 14.9. The number of rotatable bonds is 5. The van der Waals surface area contributed by atoms with E-state index in [9.17, 15) is 4.79 Å². The van der Waals surface area contributed by atoms with E-state index in [4.69, 9.17) is 0 Å². The molecule has 20 heavy (non-hydrogen) atoms. The summed E-state index contributed by atoms with van der Waals surface area (Å²) in [6.45, 7) is 10.6. The van der Waals surface area contributed by atoms with Gasteiger partial charge in [0.15, 0.2) is 0 Å². The molecule has 0 radical (unpaired) electrons. The van der Waals surface area contributed by atoms with Gasteiger partial charge in [0.25, 0.3) is 5.91 Å². The smallest absolute Gasteiger partial charge is 0.251 e. The van der Waals surface area contributed by atoms with Crippen LogP contribution in [0.1, 0.15) is 43.6 Å². The van der Waals surface area contributed by atoms with E-state index in [-0.39, 0.29) is 5.91 Å². The van der Waals surface area contributed by atoms with Crippen LogP contribution in [0.3, 0.4) is 0 Å². The molecular formula is C17H26N2O. The first-order valence-electron chi connectivity index (χ1n) is 7.64. The Bertz CT molecular complexity index is 472. The second kappa shape index (κ2) is 6.29. The van der Waals surface area contributed by atoms with Crippen molar-refractivity contribution < 1.29 is 4.79 Å². The Morgan fingerprint density at radius 3 is 2.60 bits per heavy atom. The summed E-state index contributed by atoms with van der Waals surface area (Å²) < 4.78 is 0. The zero-order valence-corrected chi connectivity index (χ0v) is 13.0. The van der Waals surface area contributed by atoms with Crippen LogP contribution >= 0.6 is 0 Å². The largest absolute Gasteiger partial charge is 0.384 e. The zero-order valence-electron chi connectivity index (χ0n) is 13.0. The van der Waals surface area contributed by atoms with E-state index in [1.165, 1.54) is 5.56 Å². The number of fused-ring (bicyclic) bond motifs is 1. The first-order chi connectivity index (χ1) is 9.49. The van der Waals surface area contributed by atoms with Crippen LogP contribution in [0, 0.1) is 17.8 Å². The van der Waals surface area contributed by atoms with Crippen LogP contribution in [0.5, 0.6) is 0 Å². The topological polar surface area (TPSA) is 41.1 Å². The molecule has 0 unspecified atom stereocenters. The van der Waals surface area contributed by atoms with E-state index in [1.54, 1.807) is 0 Å². The number of nitrogens with one attached hydrogen (secondary N) is 2. The third-order valence-corrected chi connectivity index (χ3v) is 4.29. The van der Waals surface area contributed by atoms with Crippen molar-refractivity contribution in [2.75, 3.05) is 18.4 Å². The summed E-state index contributed by atoms with van der Waals surface area (Å²) in [6, 6.07) is 5.96. The molecule has 3 heteroatoms. The van der Waals surface area contributed by atoms with Gasteiger partial charge in [0, 0.05) is 24.3 Å². The van der Waals surface area contributed by atoms with Crippen molar-refractivity contribution in [3.63, 3.8) is 0 Å². The summed E-state index contributed by atoms with van der Waals surface area (Å²) in [5.41, 5.74) is 3.18. The van der Waals surface area contributed by atoms with E-state index in [1.807, 2.05) is 12.1 Å². The quantitative estimate of drug-likeness (QED) is 0.865. The Balaban J connectivity index is 1.98. The zero-order chi connectivity index (χ0) is 14.7. The maximum atomic E-state index is 12.3. The molecular weight excluding hydrogens is 248 g/mol. The van der Waals surface area contributed by atoms with Gasteiger partial charge < -0.3 is 10.6 Å². The molecule has 1 heterocycles. The van der Waals surface area contributed by atoms with Crippen LogP contribution in [0.25, 0.3) is 0 Å². The molecule has 0 spiro atoms. The Morgan fingerprint density at radius 2 is 1.95 bits per heavy atom. The SMILES string of the molecule is CC(C)C(CNC(=O)c1ccc2c(c1)NCC2)C(C)C. The number of carbonyl (C=O) groups is 1. The number of hydrogen-bond donors (Lipinski definition) is 2. The molecule has 1 amide bonds. The van der Waals surface area contributed by atoms with Crippen LogP contribution in [0.15, 0.2) is 18.2 Å². The van der Waals surface area contributed by atoms with Crippen molar-refractivity contribution >= 4 is 11.6 Å². The molecule has 0 fully saturated rings. The summed E-state index contributed by atoms with van der Waals surface area (Å²) in [6.07, 6.45) is 1.06. The number of amides is 1. The standard InChI is InChI=1S/C17H26N2O/c1-11(2)15(12(3)4)10-19-17(20)14-6-5-13-7-8-18-16(13)9-14/h5-6,9,11-12,15,18H,7-8,10H2,1-4H3,(H,19,20). The minimum atomic E-state index is 0.0350. The van der Waals surface area contributed by atoms with Crippen LogP contribution in [0.4, 0.5) is 5.69 Å². The highest BCUT2D eigenvalue weighted by Gasteiger charge is 2.19. The molecule has 1 aliphatic rings. The molecule has 1 aliphatic heterocycles. The van der Waals surface area contributed by atoms with Gasteiger partial charge in [0.1, 0.15) is 0 Å². The summed E-state index contributed by atoms with van der Waals surface area (Å²) in [5.74, 6) is 1.72. The minimum absolute atomic E-state index is 0.0350. The van der Waals surface area contributed by atoms with Gasteiger partial charge in [-0.15, -0.1) is 0 Å². The van der Waals surface area contributed by atoms with Crippen LogP contribution in [-0.4, -0.2) is 19.0 Å². The predicted molar refractivity (Wildman–Crippen MR) is 84.1 cm³/mol. The van der Waals surface area contributed by atoms with E-state index < -0.39 is 0 Å². The predicted octanol–water partition coefficient (Wildman–Crippen LogP) is 3.31. The number of hydrogen-bond acceptors (Lipinski definition) is 2. The Kier molecular flexibility index (Phi) is 4.69. The molecule has 1 aromatic rings. The van der Waals surface area contributed by atoms with Crippen molar-refractivity contribution in [2.24, 2.45) is 17.8 Å². The lowest BCUT2D eigenvalue weighted by Crippen LogP contribution is -2.33. The molecule has 2 rings (SSSR count). The molecule has 1 aromatic carbocycles. The van der Waals surface area contributed by atoms with Crippen LogP contribution < -0.4 is 10.6 Å². The summed E-state index contributed by atoms with van der Waals surface area (Å²) in [5, 5.41) is 6.40. The lowest BCUT2D eigenvalue weighted by molar-refractivity contribution is 0.0937. The summed E-state index contributed by atoms with van der Waals surface area (Å²) >= 11 is 0. The summed E-state index contributed by atoms with van der Waals surface area (Å²) in [4.78, 5) is 12.3. The molecule has 0 aliphatic carbocycles. The molecule has 110 valence electrons. The Labute approximate surface area is 122 Å². The Hall–Kier alpha value is -1.51. The van der Waals surface area contributed by atoms with Gasteiger partial charge in [-0.25, -0.2) is 0 Å². The fourth-order valence-corrected chi connectivity index (χ4v) is 2.99. The highest BCUT2D eigenvalue weighted by Crippen LogP contribution is 2.23. The second-order valence-electron chi connectivity index (χ2n) is 6.41. The van der Waals surface area contributed by atoms with Crippen LogP contribution in [0.2, 0.25) is 0 Å². The monoisotopic (exact) mass is 274 g/mol. The molecule has 0 saturated carbocycles. The number of benzene rings is 1. The van der Waals surface area contributed by atoms with Crippen molar-refractivity contribution in [1.29, 1.82) is 0 Å². The van der Waals surface area contributed by atoms with Crippen molar-refractivity contribution in [3.05, 3.63) is 29.3 Å². The molecule has 0 saturated heterocycles. The molecule has 0 bridgehead atoms. The molecule has 2 N–H and O–H groups in total.